The summed E-state index contributed by atoms with van der Waals surface area (Å²) in [5.41, 5.74) is -0.430. The van der Waals surface area contributed by atoms with Gasteiger partial charge in [-0.3, -0.25) is 19.3 Å². The molecule has 176 valence electrons. The predicted molar refractivity (Wildman–Crippen MR) is 130 cm³/mol. The van der Waals surface area contributed by atoms with Crippen molar-refractivity contribution < 1.29 is 14.4 Å². The van der Waals surface area contributed by atoms with Gasteiger partial charge in [-0.1, -0.05) is 48.5 Å². The third-order valence-corrected chi connectivity index (χ3v) is 6.37. The van der Waals surface area contributed by atoms with Crippen LogP contribution in [0, 0.1) is 0 Å². The first-order chi connectivity index (χ1) is 16.8. The molecule has 2 N–H and O–H groups in total. The van der Waals surface area contributed by atoms with E-state index in [1.807, 2.05) is 36.4 Å². The molecule has 1 aliphatic rings. The lowest BCUT2D eigenvalue weighted by atomic mass is 9.90. The summed E-state index contributed by atoms with van der Waals surface area (Å²) in [4.78, 5) is 60.5. The summed E-state index contributed by atoms with van der Waals surface area (Å²) >= 11 is 0. The molecule has 0 aliphatic carbocycles. The number of imide groups is 1. The highest BCUT2D eigenvalue weighted by molar-refractivity contribution is 6.09. The zero-order valence-corrected chi connectivity index (χ0v) is 19.2. The lowest BCUT2D eigenvalue weighted by molar-refractivity contribution is -0.138. The Morgan fingerprint density at radius 1 is 1.00 bits per heavy atom. The first kappa shape index (κ1) is 22.3. The maximum Gasteiger partial charge on any atom is 0.325 e. The number of nitrogens with one attached hydrogen (secondary N) is 2. The van der Waals surface area contributed by atoms with Gasteiger partial charge in [0.15, 0.2) is 0 Å². The van der Waals surface area contributed by atoms with E-state index in [2.05, 4.69) is 15.3 Å². The number of aromatic amines is 1. The Kier molecular flexibility index (Phi) is 5.32. The van der Waals surface area contributed by atoms with Crippen molar-refractivity contribution in [3.63, 3.8) is 0 Å². The van der Waals surface area contributed by atoms with Gasteiger partial charge < -0.3 is 15.2 Å². The third-order valence-electron chi connectivity index (χ3n) is 6.37. The van der Waals surface area contributed by atoms with Crippen LogP contribution in [-0.2, 0) is 21.7 Å². The molecule has 35 heavy (non-hydrogen) atoms. The van der Waals surface area contributed by atoms with Gasteiger partial charge in [-0.25, -0.2) is 9.78 Å². The van der Waals surface area contributed by atoms with E-state index in [-0.39, 0.29) is 12.1 Å². The number of rotatable bonds is 5. The molecule has 0 bridgehead atoms. The largest absolute Gasteiger partial charge is 0.337 e. The number of benzene rings is 3. The fourth-order valence-corrected chi connectivity index (χ4v) is 4.32. The van der Waals surface area contributed by atoms with Crippen LogP contribution in [0.5, 0.6) is 0 Å². The van der Waals surface area contributed by atoms with Gasteiger partial charge in [-0.15, -0.1) is 0 Å². The third kappa shape index (κ3) is 3.90. The second kappa shape index (κ2) is 8.35. The molecular formula is C26H23N5O4. The highest BCUT2D eigenvalue weighted by Crippen LogP contribution is 2.31. The molecule has 3 aromatic carbocycles. The van der Waals surface area contributed by atoms with Crippen LogP contribution in [0.2, 0.25) is 0 Å². The van der Waals surface area contributed by atoms with Crippen molar-refractivity contribution in [2.75, 3.05) is 13.6 Å². The molecule has 1 fully saturated rings. The number of hydrogen-bond donors (Lipinski definition) is 2. The number of carbonyl (C=O) groups excluding carboxylic acids is 3. The standard InChI is InChI=1S/C26H23N5O4/c1-26(18-12-11-16-7-3-4-8-17(16)13-18)24(34)31(25(35)29-26)15-22(32)30(2)14-21-27-20-10-6-5-9-19(20)23(33)28-21/h3-13H,14-15H2,1-2H3,(H,29,35)(H,27,28,33)/t26-/m0/s1. The predicted octanol–water partition coefficient (Wildman–Crippen LogP) is 2.50. The van der Waals surface area contributed by atoms with Crippen molar-refractivity contribution in [2.24, 2.45) is 0 Å². The average molecular weight is 470 g/mol. The molecule has 0 unspecified atom stereocenters. The number of likely N-dealkylation sites (N-methyl/N-ethyl adjacent to an activating group) is 1. The van der Waals surface area contributed by atoms with E-state index in [4.69, 9.17) is 0 Å². The van der Waals surface area contributed by atoms with Crippen molar-refractivity contribution in [1.29, 1.82) is 0 Å². The van der Waals surface area contributed by atoms with Crippen molar-refractivity contribution in [3.05, 3.63) is 88.5 Å². The van der Waals surface area contributed by atoms with Gasteiger partial charge in [0.1, 0.15) is 17.9 Å². The highest BCUT2D eigenvalue weighted by Gasteiger charge is 2.49. The summed E-state index contributed by atoms with van der Waals surface area (Å²) in [6, 6.07) is 19.6. The van der Waals surface area contributed by atoms with Crippen LogP contribution in [0.4, 0.5) is 4.79 Å². The first-order valence-electron chi connectivity index (χ1n) is 11.1. The van der Waals surface area contributed by atoms with Crippen molar-refractivity contribution in [1.82, 2.24) is 25.1 Å². The Bertz CT molecular complexity index is 1560. The summed E-state index contributed by atoms with van der Waals surface area (Å²) in [6.45, 7) is 1.22. The molecule has 1 saturated heterocycles. The SMILES string of the molecule is CN(Cc1nc2ccccc2c(=O)[nH]1)C(=O)CN1C(=O)N[C@@](C)(c2ccc3ccccc3c2)C1=O. The number of nitrogens with zero attached hydrogens (tertiary/aromatic N) is 3. The van der Waals surface area contributed by atoms with E-state index < -0.39 is 29.9 Å². The van der Waals surface area contributed by atoms with Crippen LogP contribution < -0.4 is 10.9 Å². The average Bonchev–Trinajstić information content (AvgIpc) is 3.07. The van der Waals surface area contributed by atoms with Crippen molar-refractivity contribution in [3.8, 4) is 0 Å². The zero-order chi connectivity index (χ0) is 24.7. The molecular weight excluding hydrogens is 446 g/mol. The fourth-order valence-electron chi connectivity index (χ4n) is 4.32. The molecule has 0 saturated carbocycles. The molecule has 9 heteroatoms. The minimum atomic E-state index is -1.29. The number of para-hydroxylation sites is 1. The highest BCUT2D eigenvalue weighted by atomic mass is 16.2. The van der Waals surface area contributed by atoms with E-state index in [0.717, 1.165) is 15.7 Å². The van der Waals surface area contributed by atoms with Gasteiger partial charge in [0, 0.05) is 7.05 Å². The van der Waals surface area contributed by atoms with Crippen LogP contribution in [0.25, 0.3) is 21.7 Å². The quantitative estimate of drug-likeness (QED) is 0.436. The number of aromatic nitrogens is 2. The molecule has 4 amide bonds. The fraction of sp³-hybridized carbons (Fsp3) is 0.192. The van der Waals surface area contributed by atoms with Gasteiger partial charge in [-0.2, -0.15) is 0 Å². The molecule has 0 spiro atoms. The molecule has 0 radical (unpaired) electrons. The molecule has 1 aromatic heterocycles. The molecule has 5 rings (SSSR count). The number of urea groups is 1. The normalized spacial score (nSPS) is 17.7. The Morgan fingerprint density at radius 3 is 2.51 bits per heavy atom. The minimum absolute atomic E-state index is 0.0184. The van der Waals surface area contributed by atoms with Crippen LogP contribution in [0.1, 0.15) is 18.3 Å². The zero-order valence-electron chi connectivity index (χ0n) is 19.2. The van der Waals surface area contributed by atoms with Gasteiger partial charge in [0.25, 0.3) is 11.5 Å². The molecule has 4 aromatic rings. The Labute approximate surface area is 200 Å². The maximum absolute atomic E-state index is 13.3. The van der Waals surface area contributed by atoms with Crippen LogP contribution >= 0.6 is 0 Å². The van der Waals surface area contributed by atoms with E-state index in [1.165, 1.54) is 11.9 Å². The topological polar surface area (TPSA) is 115 Å². The lowest BCUT2D eigenvalue weighted by Crippen LogP contribution is -2.43. The Morgan fingerprint density at radius 2 is 1.71 bits per heavy atom. The number of hydrogen-bond acceptors (Lipinski definition) is 5. The monoisotopic (exact) mass is 469 g/mol. The molecule has 2 heterocycles. The van der Waals surface area contributed by atoms with Crippen molar-refractivity contribution >= 4 is 39.5 Å². The number of H-pyrrole nitrogens is 1. The van der Waals surface area contributed by atoms with Gasteiger partial charge in [0.05, 0.1) is 17.4 Å². The van der Waals surface area contributed by atoms with Crippen LogP contribution in [0.3, 0.4) is 0 Å². The second-order valence-electron chi connectivity index (χ2n) is 8.79. The number of amides is 4. The van der Waals surface area contributed by atoms with Gasteiger partial charge >= 0.3 is 6.03 Å². The smallest absolute Gasteiger partial charge is 0.325 e. The van der Waals surface area contributed by atoms with E-state index in [9.17, 15) is 19.2 Å². The minimum Gasteiger partial charge on any atom is -0.337 e. The summed E-state index contributed by atoms with van der Waals surface area (Å²) in [7, 11) is 1.53. The molecule has 9 nitrogen and oxygen atoms in total. The summed E-state index contributed by atoms with van der Waals surface area (Å²) in [5.74, 6) is -0.661. The van der Waals surface area contributed by atoms with Crippen molar-refractivity contribution in [2.45, 2.75) is 19.0 Å². The maximum atomic E-state index is 13.3. The Hall–Kier alpha value is -4.53. The van der Waals surface area contributed by atoms with E-state index in [0.29, 0.717) is 22.3 Å². The summed E-state index contributed by atoms with van der Waals surface area (Å²) in [5, 5.41) is 5.16. The van der Waals surface area contributed by atoms with E-state index >= 15 is 0 Å². The number of fused-ring (bicyclic) bond motifs is 2. The summed E-state index contributed by atoms with van der Waals surface area (Å²) < 4.78 is 0. The van der Waals surface area contributed by atoms with Crippen LogP contribution in [0.15, 0.2) is 71.5 Å². The van der Waals surface area contributed by atoms with Crippen LogP contribution in [-0.4, -0.2) is 51.2 Å². The van der Waals surface area contributed by atoms with E-state index in [1.54, 1.807) is 37.3 Å². The number of carbonyl (C=O) groups is 3. The van der Waals surface area contributed by atoms with Gasteiger partial charge in [0.2, 0.25) is 5.91 Å². The first-order valence-corrected chi connectivity index (χ1v) is 11.1. The Balaban J connectivity index is 1.33. The molecule has 1 aliphatic heterocycles. The molecule has 1 atom stereocenters. The van der Waals surface area contributed by atoms with Gasteiger partial charge in [-0.05, 0) is 41.5 Å². The second-order valence-corrected chi connectivity index (χ2v) is 8.79. The summed E-state index contributed by atoms with van der Waals surface area (Å²) in [6.07, 6.45) is 0. The lowest BCUT2D eigenvalue weighted by Gasteiger charge is -2.23.